The standard InChI is InChI=1S/C15H25NO/c1-5-9-17-15-8-7-13(11-16-6-2)10-14(15)12(3)4/h7-8,10,12,16H,5-6,9,11H2,1-4H3. The van der Waals surface area contributed by atoms with Crippen molar-refractivity contribution in [3.63, 3.8) is 0 Å². The topological polar surface area (TPSA) is 21.3 Å². The monoisotopic (exact) mass is 235 g/mol. The minimum absolute atomic E-state index is 0.503. The number of hydrogen-bond acceptors (Lipinski definition) is 2. The number of ether oxygens (including phenoxy) is 1. The van der Waals surface area contributed by atoms with E-state index < -0.39 is 0 Å². The van der Waals surface area contributed by atoms with E-state index in [4.69, 9.17) is 4.74 Å². The second-order valence-electron chi connectivity index (χ2n) is 4.66. The molecule has 96 valence electrons. The van der Waals surface area contributed by atoms with E-state index in [1.807, 2.05) is 0 Å². The second-order valence-corrected chi connectivity index (χ2v) is 4.66. The fourth-order valence-electron chi connectivity index (χ4n) is 1.77. The molecule has 2 heteroatoms. The third-order valence-electron chi connectivity index (χ3n) is 2.74. The van der Waals surface area contributed by atoms with E-state index in [0.29, 0.717) is 5.92 Å². The van der Waals surface area contributed by atoms with E-state index in [2.05, 4.69) is 51.2 Å². The Balaban J connectivity index is 2.83. The molecule has 1 aromatic rings. The summed E-state index contributed by atoms with van der Waals surface area (Å²) < 4.78 is 5.79. The van der Waals surface area contributed by atoms with Gasteiger partial charge >= 0.3 is 0 Å². The van der Waals surface area contributed by atoms with Crippen molar-refractivity contribution in [1.29, 1.82) is 0 Å². The van der Waals surface area contributed by atoms with Gasteiger partial charge in [0.1, 0.15) is 5.75 Å². The summed E-state index contributed by atoms with van der Waals surface area (Å²) in [5.74, 6) is 1.55. The predicted octanol–water partition coefficient (Wildman–Crippen LogP) is 3.71. The summed E-state index contributed by atoms with van der Waals surface area (Å²) in [6.45, 7) is 11.4. The molecule has 0 atom stereocenters. The smallest absolute Gasteiger partial charge is 0.122 e. The zero-order chi connectivity index (χ0) is 12.7. The number of benzene rings is 1. The van der Waals surface area contributed by atoms with Gasteiger partial charge in [0.15, 0.2) is 0 Å². The van der Waals surface area contributed by atoms with Gasteiger partial charge in [0, 0.05) is 6.54 Å². The minimum atomic E-state index is 0.503. The molecule has 0 heterocycles. The molecule has 0 spiro atoms. The highest BCUT2D eigenvalue weighted by Crippen LogP contribution is 2.27. The molecule has 0 unspecified atom stereocenters. The van der Waals surface area contributed by atoms with Crippen LogP contribution in [0.4, 0.5) is 0 Å². The highest BCUT2D eigenvalue weighted by molar-refractivity contribution is 5.39. The first-order valence-corrected chi connectivity index (χ1v) is 6.65. The van der Waals surface area contributed by atoms with Crippen molar-refractivity contribution in [2.45, 2.75) is 46.6 Å². The van der Waals surface area contributed by atoms with Gasteiger partial charge in [-0.15, -0.1) is 0 Å². The Morgan fingerprint density at radius 3 is 2.59 bits per heavy atom. The van der Waals surface area contributed by atoms with E-state index in [1.165, 1.54) is 11.1 Å². The van der Waals surface area contributed by atoms with Gasteiger partial charge in [0.2, 0.25) is 0 Å². The van der Waals surface area contributed by atoms with Crippen LogP contribution in [-0.2, 0) is 6.54 Å². The van der Waals surface area contributed by atoms with Crippen LogP contribution in [0.15, 0.2) is 18.2 Å². The van der Waals surface area contributed by atoms with Gasteiger partial charge < -0.3 is 10.1 Å². The molecule has 17 heavy (non-hydrogen) atoms. The molecule has 0 amide bonds. The zero-order valence-electron chi connectivity index (χ0n) is 11.5. The molecule has 0 aliphatic heterocycles. The third-order valence-corrected chi connectivity index (χ3v) is 2.74. The lowest BCUT2D eigenvalue weighted by Crippen LogP contribution is -2.12. The zero-order valence-corrected chi connectivity index (χ0v) is 11.5. The highest BCUT2D eigenvalue weighted by atomic mass is 16.5. The second kappa shape index (κ2) is 7.33. The summed E-state index contributed by atoms with van der Waals surface area (Å²) in [5.41, 5.74) is 2.65. The van der Waals surface area contributed by atoms with Crippen LogP contribution in [0.3, 0.4) is 0 Å². The van der Waals surface area contributed by atoms with Crippen LogP contribution in [-0.4, -0.2) is 13.2 Å². The van der Waals surface area contributed by atoms with E-state index in [-0.39, 0.29) is 0 Å². The average Bonchev–Trinajstić information content (AvgIpc) is 2.34. The predicted molar refractivity (Wildman–Crippen MR) is 73.7 cm³/mol. The number of nitrogens with one attached hydrogen (secondary N) is 1. The van der Waals surface area contributed by atoms with Gasteiger partial charge in [-0.1, -0.05) is 39.8 Å². The largest absolute Gasteiger partial charge is 0.493 e. The summed E-state index contributed by atoms with van der Waals surface area (Å²) >= 11 is 0. The summed E-state index contributed by atoms with van der Waals surface area (Å²) in [4.78, 5) is 0. The molecule has 0 aliphatic carbocycles. The van der Waals surface area contributed by atoms with Gasteiger partial charge in [-0.3, -0.25) is 0 Å². The maximum Gasteiger partial charge on any atom is 0.122 e. The first-order chi connectivity index (χ1) is 8.19. The first kappa shape index (κ1) is 14.0. The summed E-state index contributed by atoms with van der Waals surface area (Å²) in [7, 11) is 0. The number of hydrogen-bond donors (Lipinski definition) is 1. The Labute approximate surface area is 105 Å². The van der Waals surface area contributed by atoms with E-state index in [1.54, 1.807) is 0 Å². The maximum atomic E-state index is 5.79. The van der Waals surface area contributed by atoms with Crippen LogP contribution in [0.1, 0.15) is 51.2 Å². The van der Waals surface area contributed by atoms with Crippen molar-refractivity contribution in [2.24, 2.45) is 0 Å². The van der Waals surface area contributed by atoms with E-state index >= 15 is 0 Å². The molecule has 1 rings (SSSR count). The molecule has 0 aromatic heterocycles. The minimum Gasteiger partial charge on any atom is -0.493 e. The van der Waals surface area contributed by atoms with Gasteiger partial charge in [0.25, 0.3) is 0 Å². The normalized spacial score (nSPS) is 10.9. The Bertz CT molecular complexity index is 334. The molecule has 2 nitrogen and oxygen atoms in total. The summed E-state index contributed by atoms with van der Waals surface area (Å²) in [6.07, 6.45) is 1.05. The fraction of sp³-hybridized carbons (Fsp3) is 0.600. The molecule has 0 fully saturated rings. The van der Waals surface area contributed by atoms with E-state index in [9.17, 15) is 0 Å². The molecule has 0 saturated carbocycles. The molecular formula is C15H25NO. The average molecular weight is 235 g/mol. The lowest BCUT2D eigenvalue weighted by Gasteiger charge is -2.15. The Kier molecular flexibility index (Phi) is 6.06. The van der Waals surface area contributed by atoms with Gasteiger partial charge in [0.05, 0.1) is 6.61 Å². The molecule has 0 aliphatic rings. The summed E-state index contributed by atoms with van der Waals surface area (Å²) in [6, 6.07) is 6.52. The van der Waals surface area contributed by atoms with Crippen molar-refractivity contribution in [3.05, 3.63) is 29.3 Å². The Hall–Kier alpha value is -1.02. The maximum absolute atomic E-state index is 5.79. The Morgan fingerprint density at radius 2 is 2.00 bits per heavy atom. The lowest BCUT2D eigenvalue weighted by atomic mass is 9.99. The van der Waals surface area contributed by atoms with Gasteiger partial charge in [-0.05, 0) is 36.1 Å². The van der Waals surface area contributed by atoms with Crippen LogP contribution in [0.25, 0.3) is 0 Å². The molecule has 1 aromatic carbocycles. The highest BCUT2D eigenvalue weighted by Gasteiger charge is 2.08. The van der Waals surface area contributed by atoms with E-state index in [0.717, 1.165) is 31.9 Å². The molecule has 1 N–H and O–H groups in total. The SMILES string of the molecule is CCCOc1ccc(CNCC)cc1C(C)C. The van der Waals surface area contributed by atoms with Crippen molar-refractivity contribution < 1.29 is 4.74 Å². The van der Waals surface area contributed by atoms with Crippen LogP contribution in [0.5, 0.6) is 5.75 Å². The van der Waals surface area contributed by atoms with Crippen LogP contribution >= 0.6 is 0 Å². The quantitative estimate of drug-likeness (QED) is 0.778. The molecule has 0 saturated heterocycles. The van der Waals surface area contributed by atoms with Crippen LogP contribution in [0, 0.1) is 0 Å². The lowest BCUT2D eigenvalue weighted by molar-refractivity contribution is 0.313. The summed E-state index contributed by atoms with van der Waals surface area (Å²) in [5, 5.41) is 3.35. The first-order valence-electron chi connectivity index (χ1n) is 6.65. The van der Waals surface area contributed by atoms with Gasteiger partial charge in [-0.2, -0.15) is 0 Å². The molecular weight excluding hydrogens is 210 g/mol. The van der Waals surface area contributed by atoms with Crippen molar-refractivity contribution in [2.75, 3.05) is 13.2 Å². The Morgan fingerprint density at radius 1 is 1.24 bits per heavy atom. The third kappa shape index (κ3) is 4.39. The van der Waals surface area contributed by atoms with Crippen LogP contribution in [0.2, 0.25) is 0 Å². The molecule has 0 radical (unpaired) electrons. The van der Waals surface area contributed by atoms with Crippen molar-refractivity contribution in [3.8, 4) is 5.75 Å². The number of rotatable bonds is 7. The van der Waals surface area contributed by atoms with Gasteiger partial charge in [-0.25, -0.2) is 0 Å². The van der Waals surface area contributed by atoms with Crippen LogP contribution < -0.4 is 10.1 Å². The van der Waals surface area contributed by atoms with Crippen molar-refractivity contribution in [1.82, 2.24) is 5.32 Å². The molecule has 0 bridgehead atoms. The van der Waals surface area contributed by atoms with Crippen molar-refractivity contribution >= 4 is 0 Å². The fourth-order valence-corrected chi connectivity index (χ4v) is 1.77.